The number of anilines is 1. The third-order valence-corrected chi connectivity index (χ3v) is 5.10. The summed E-state index contributed by atoms with van der Waals surface area (Å²) in [7, 11) is 0. The third kappa shape index (κ3) is 4.09. The van der Waals surface area contributed by atoms with Crippen molar-refractivity contribution in [2.75, 3.05) is 11.1 Å². The first-order valence-corrected chi connectivity index (χ1v) is 9.45. The molecule has 0 aliphatic heterocycles. The van der Waals surface area contributed by atoms with Crippen LogP contribution >= 0.6 is 11.8 Å². The maximum Gasteiger partial charge on any atom is 0.234 e. The number of nitrogens with zero attached hydrogens (tertiary/aromatic N) is 2. The van der Waals surface area contributed by atoms with Crippen LogP contribution in [0.4, 0.5) is 18.9 Å². The smallest absolute Gasteiger partial charge is 0.234 e. The van der Waals surface area contributed by atoms with Crippen LogP contribution in [0.15, 0.2) is 60.0 Å². The second-order valence-corrected chi connectivity index (χ2v) is 7.04. The minimum absolute atomic E-state index is 0.0730. The molecule has 2 aromatic carbocycles. The van der Waals surface area contributed by atoms with Crippen LogP contribution in [0.25, 0.3) is 22.2 Å². The van der Waals surface area contributed by atoms with Gasteiger partial charge in [0.1, 0.15) is 34.3 Å². The van der Waals surface area contributed by atoms with Gasteiger partial charge in [-0.1, -0.05) is 23.9 Å². The molecule has 2 aromatic heterocycles. The molecular weight excluding hydrogens is 401 g/mol. The van der Waals surface area contributed by atoms with E-state index in [0.717, 1.165) is 30.0 Å². The lowest BCUT2D eigenvalue weighted by molar-refractivity contribution is -0.113. The van der Waals surface area contributed by atoms with Crippen molar-refractivity contribution in [1.29, 1.82) is 0 Å². The van der Waals surface area contributed by atoms with E-state index < -0.39 is 17.5 Å². The van der Waals surface area contributed by atoms with Crippen LogP contribution in [0.2, 0.25) is 0 Å². The fraction of sp³-hybridized carbons (Fsp3) is 0.0500. The van der Waals surface area contributed by atoms with Crippen molar-refractivity contribution in [1.82, 2.24) is 15.0 Å². The second kappa shape index (κ2) is 7.96. The molecule has 4 rings (SSSR count). The van der Waals surface area contributed by atoms with E-state index in [0.29, 0.717) is 27.2 Å². The van der Waals surface area contributed by atoms with Crippen molar-refractivity contribution < 1.29 is 18.0 Å². The largest absolute Gasteiger partial charge is 0.357 e. The normalized spacial score (nSPS) is 11.0. The lowest BCUT2D eigenvalue weighted by Gasteiger charge is -2.06. The average molecular weight is 414 g/mol. The molecule has 0 atom stereocenters. The molecule has 2 N–H and O–H groups in total. The SMILES string of the molecule is O=C(CSc1ncnc2c(-c3cccc(F)c3)c[nH]c12)Nc1cc(F)ccc1F. The number of aromatic amines is 1. The number of rotatable bonds is 5. The Kier molecular flexibility index (Phi) is 5.22. The van der Waals surface area contributed by atoms with E-state index in [1.54, 1.807) is 18.3 Å². The van der Waals surface area contributed by atoms with Gasteiger partial charge in [-0.15, -0.1) is 0 Å². The first-order chi connectivity index (χ1) is 14.0. The number of nitrogens with one attached hydrogen (secondary N) is 2. The summed E-state index contributed by atoms with van der Waals surface area (Å²) in [6.45, 7) is 0. The molecule has 0 saturated heterocycles. The summed E-state index contributed by atoms with van der Waals surface area (Å²) in [5.74, 6) is -2.32. The van der Waals surface area contributed by atoms with Crippen molar-refractivity contribution in [3.05, 3.63) is 72.4 Å². The highest BCUT2D eigenvalue weighted by atomic mass is 32.2. The number of benzene rings is 2. The van der Waals surface area contributed by atoms with Gasteiger partial charge in [-0.05, 0) is 29.8 Å². The fourth-order valence-corrected chi connectivity index (χ4v) is 3.58. The van der Waals surface area contributed by atoms with E-state index in [1.807, 2.05) is 0 Å². The highest BCUT2D eigenvalue weighted by Gasteiger charge is 2.15. The Hall–Kier alpha value is -3.33. The van der Waals surface area contributed by atoms with Gasteiger partial charge >= 0.3 is 0 Å². The van der Waals surface area contributed by atoms with E-state index in [2.05, 4.69) is 20.3 Å². The molecule has 0 bridgehead atoms. The monoisotopic (exact) mass is 414 g/mol. The van der Waals surface area contributed by atoms with Crippen LogP contribution in [0.1, 0.15) is 0 Å². The molecule has 0 radical (unpaired) electrons. The minimum Gasteiger partial charge on any atom is -0.357 e. The topological polar surface area (TPSA) is 70.7 Å². The molecule has 1 amide bonds. The highest BCUT2D eigenvalue weighted by Crippen LogP contribution is 2.31. The molecule has 0 aliphatic rings. The third-order valence-electron chi connectivity index (χ3n) is 4.11. The first-order valence-electron chi connectivity index (χ1n) is 8.47. The molecular formula is C20H13F3N4OS. The van der Waals surface area contributed by atoms with Gasteiger partial charge in [0.2, 0.25) is 5.91 Å². The quantitative estimate of drug-likeness (QED) is 0.364. The summed E-state index contributed by atoms with van der Waals surface area (Å²) in [5, 5.41) is 2.84. The summed E-state index contributed by atoms with van der Waals surface area (Å²) in [6, 6.07) is 8.96. The number of H-pyrrole nitrogens is 1. The Labute approximate surface area is 167 Å². The number of hydrogen-bond acceptors (Lipinski definition) is 4. The minimum atomic E-state index is -0.724. The van der Waals surface area contributed by atoms with Crippen molar-refractivity contribution in [3.63, 3.8) is 0 Å². The number of aromatic nitrogens is 3. The standard InChI is InChI=1S/C20H13F3N4OS/c21-12-3-1-2-11(6-12)14-8-24-19-18(14)25-10-26-20(19)29-9-17(28)27-16-7-13(22)4-5-15(16)23/h1-8,10,24H,9H2,(H,27,28). The second-order valence-electron chi connectivity index (χ2n) is 6.08. The average Bonchev–Trinajstić information content (AvgIpc) is 3.14. The molecule has 5 nitrogen and oxygen atoms in total. The van der Waals surface area contributed by atoms with E-state index >= 15 is 0 Å². The summed E-state index contributed by atoms with van der Waals surface area (Å²) < 4.78 is 40.4. The van der Waals surface area contributed by atoms with Gasteiger partial charge in [0, 0.05) is 17.8 Å². The lowest BCUT2D eigenvalue weighted by Crippen LogP contribution is -2.15. The molecule has 146 valence electrons. The number of carbonyl (C=O) groups is 1. The Morgan fingerprint density at radius 2 is 1.90 bits per heavy atom. The molecule has 0 spiro atoms. The van der Waals surface area contributed by atoms with Crippen molar-refractivity contribution in [3.8, 4) is 11.1 Å². The zero-order valence-corrected chi connectivity index (χ0v) is 15.6. The van der Waals surface area contributed by atoms with E-state index in [9.17, 15) is 18.0 Å². The fourth-order valence-electron chi connectivity index (χ4n) is 2.82. The number of halogens is 3. The molecule has 2 heterocycles. The Bertz CT molecular complexity index is 1210. The number of carbonyl (C=O) groups excluding carboxylic acids is 1. The molecule has 0 saturated carbocycles. The zero-order chi connectivity index (χ0) is 20.4. The van der Waals surface area contributed by atoms with Crippen molar-refractivity contribution in [2.45, 2.75) is 5.03 Å². The molecule has 0 aliphatic carbocycles. The maximum absolute atomic E-state index is 13.7. The van der Waals surface area contributed by atoms with Crippen LogP contribution < -0.4 is 5.32 Å². The summed E-state index contributed by atoms with van der Waals surface area (Å²) >= 11 is 1.11. The van der Waals surface area contributed by atoms with Gasteiger partial charge < -0.3 is 10.3 Å². The first kappa shape index (κ1) is 19.0. The molecule has 0 fully saturated rings. The van der Waals surface area contributed by atoms with Gasteiger partial charge in [-0.3, -0.25) is 4.79 Å². The lowest BCUT2D eigenvalue weighted by atomic mass is 10.1. The summed E-state index contributed by atoms with van der Waals surface area (Å²) in [6.07, 6.45) is 3.05. The molecule has 4 aromatic rings. The number of thioether (sulfide) groups is 1. The predicted molar refractivity (Wildman–Crippen MR) is 105 cm³/mol. The summed E-state index contributed by atoms with van der Waals surface area (Å²) in [4.78, 5) is 23.6. The van der Waals surface area contributed by atoms with Crippen LogP contribution in [0.5, 0.6) is 0 Å². The van der Waals surface area contributed by atoms with E-state index in [-0.39, 0.29) is 17.3 Å². The molecule has 0 unspecified atom stereocenters. The predicted octanol–water partition coefficient (Wildman–Crippen LogP) is 4.77. The summed E-state index contributed by atoms with van der Waals surface area (Å²) in [5.41, 5.74) is 2.32. The number of amides is 1. The van der Waals surface area contributed by atoms with Gasteiger partial charge in [0.05, 0.1) is 17.0 Å². The van der Waals surface area contributed by atoms with Crippen LogP contribution in [0.3, 0.4) is 0 Å². The van der Waals surface area contributed by atoms with Gasteiger partial charge in [0.15, 0.2) is 0 Å². The number of fused-ring (bicyclic) bond motifs is 1. The van der Waals surface area contributed by atoms with E-state index in [1.165, 1.54) is 18.5 Å². The Morgan fingerprint density at radius 3 is 2.72 bits per heavy atom. The van der Waals surface area contributed by atoms with Gasteiger partial charge in [0.25, 0.3) is 0 Å². The Balaban J connectivity index is 1.53. The highest BCUT2D eigenvalue weighted by molar-refractivity contribution is 8.00. The Morgan fingerprint density at radius 1 is 1.07 bits per heavy atom. The van der Waals surface area contributed by atoms with Crippen LogP contribution in [-0.2, 0) is 4.79 Å². The van der Waals surface area contributed by atoms with E-state index in [4.69, 9.17) is 0 Å². The van der Waals surface area contributed by atoms with Crippen molar-refractivity contribution in [2.24, 2.45) is 0 Å². The number of hydrogen-bond donors (Lipinski definition) is 2. The van der Waals surface area contributed by atoms with Gasteiger partial charge in [-0.2, -0.15) is 0 Å². The zero-order valence-electron chi connectivity index (χ0n) is 14.7. The van der Waals surface area contributed by atoms with Gasteiger partial charge in [-0.25, -0.2) is 23.1 Å². The maximum atomic E-state index is 13.7. The molecule has 29 heavy (non-hydrogen) atoms. The van der Waals surface area contributed by atoms with Crippen molar-refractivity contribution >= 4 is 34.4 Å². The van der Waals surface area contributed by atoms with Crippen LogP contribution in [-0.4, -0.2) is 26.6 Å². The van der Waals surface area contributed by atoms with Crippen LogP contribution in [0, 0.1) is 17.5 Å². The molecule has 9 heteroatoms.